The van der Waals surface area contributed by atoms with Gasteiger partial charge in [0.1, 0.15) is 5.82 Å². The summed E-state index contributed by atoms with van der Waals surface area (Å²) >= 11 is 0. The fourth-order valence-corrected chi connectivity index (χ4v) is 1.53. The van der Waals surface area contributed by atoms with Gasteiger partial charge in [-0.3, -0.25) is 9.59 Å². The second kappa shape index (κ2) is 6.29. The largest absolute Gasteiger partial charge is 0.366 e. The molecule has 0 saturated carbocycles. The summed E-state index contributed by atoms with van der Waals surface area (Å²) in [6, 6.07) is 2.96. The van der Waals surface area contributed by atoms with Gasteiger partial charge in [0.15, 0.2) is 0 Å². The zero-order valence-corrected chi connectivity index (χ0v) is 10.9. The molecule has 2 amide bonds. The molecule has 5 N–H and O–H groups in total. The molecule has 0 aromatic heterocycles. The quantitative estimate of drug-likeness (QED) is 0.748. The van der Waals surface area contributed by atoms with Gasteiger partial charge in [-0.1, -0.05) is 20.3 Å². The van der Waals surface area contributed by atoms with Gasteiger partial charge in [-0.2, -0.15) is 0 Å². The van der Waals surface area contributed by atoms with Crippen molar-refractivity contribution in [1.82, 2.24) is 0 Å². The standard InChI is InChI=1S/C13H18FN3O2/c1-3-7(2)11(15)13(19)17-8-4-5-10(14)9(6-8)12(16)18/h4-7,11H,3,15H2,1-2H3,(H2,16,18)(H,17,19)/t7-,11-/m0/s1. The van der Waals surface area contributed by atoms with Crippen LogP contribution in [-0.2, 0) is 4.79 Å². The third kappa shape index (κ3) is 3.75. The molecule has 0 fully saturated rings. The SMILES string of the molecule is CC[C@H](C)[C@H](N)C(=O)Nc1ccc(F)c(C(N)=O)c1. The molecule has 6 heteroatoms. The number of hydrogen-bond donors (Lipinski definition) is 3. The van der Waals surface area contributed by atoms with Gasteiger partial charge in [-0.05, 0) is 24.1 Å². The van der Waals surface area contributed by atoms with Crippen molar-refractivity contribution in [2.75, 3.05) is 5.32 Å². The first-order chi connectivity index (χ1) is 8.86. The zero-order valence-electron chi connectivity index (χ0n) is 10.9. The minimum atomic E-state index is -0.889. The van der Waals surface area contributed by atoms with Crippen molar-refractivity contribution >= 4 is 17.5 Å². The van der Waals surface area contributed by atoms with Crippen LogP contribution in [0.3, 0.4) is 0 Å². The highest BCUT2D eigenvalue weighted by atomic mass is 19.1. The number of amides is 2. The van der Waals surface area contributed by atoms with E-state index in [2.05, 4.69) is 5.32 Å². The molecule has 2 atom stereocenters. The van der Waals surface area contributed by atoms with Crippen LogP contribution < -0.4 is 16.8 Å². The summed E-state index contributed by atoms with van der Waals surface area (Å²) < 4.78 is 13.3. The fraction of sp³-hybridized carbons (Fsp3) is 0.385. The van der Waals surface area contributed by atoms with Crippen LogP contribution >= 0.6 is 0 Å². The lowest BCUT2D eigenvalue weighted by Crippen LogP contribution is -2.40. The molecule has 1 aromatic rings. The second-order valence-corrected chi connectivity index (χ2v) is 4.46. The molecule has 5 nitrogen and oxygen atoms in total. The van der Waals surface area contributed by atoms with Crippen molar-refractivity contribution in [3.05, 3.63) is 29.6 Å². The van der Waals surface area contributed by atoms with Crippen LogP contribution in [0.5, 0.6) is 0 Å². The summed E-state index contributed by atoms with van der Waals surface area (Å²) in [6.45, 7) is 3.80. The maximum atomic E-state index is 13.3. The Labute approximate surface area is 111 Å². The average Bonchev–Trinajstić information content (AvgIpc) is 2.38. The molecule has 0 aliphatic heterocycles. The zero-order chi connectivity index (χ0) is 14.6. The number of nitrogens with two attached hydrogens (primary N) is 2. The van der Waals surface area contributed by atoms with Crippen molar-refractivity contribution in [3.8, 4) is 0 Å². The van der Waals surface area contributed by atoms with E-state index in [0.717, 1.165) is 12.5 Å². The Morgan fingerprint density at radius 1 is 1.42 bits per heavy atom. The topological polar surface area (TPSA) is 98.2 Å². The van der Waals surface area contributed by atoms with Gasteiger partial charge < -0.3 is 16.8 Å². The highest BCUT2D eigenvalue weighted by Crippen LogP contribution is 2.15. The highest BCUT2D eigenvalue weighted by molar-refractivity contribution is 5.98. The molecule has 0 heterocycles. The molecule has 19 heavy (non-hydrogen) atoms. The molecule has 0 bridgehead atoms. The summed E-state index contributed by atoms with van der Waals surface area (Å²) in [5.41, 5.74) is 10.8. The molecule has 1 aromatic carbocycles. The van der Waals surface area contributed by atoms with Gasteiger partial charge in [0.25, 0.3) is 5.91 Å². The first kappa shape index (κ1) is 15.1. The molecule has 0 radical (unpaired) electrons. The van der Waals surface area contributed by atoms with E-state index in [9.17, 15) is 14.0 Å². The smallest absolute Gasteiger partial charge is 0.251 e. The van der Waals surface area contributed by atoms with E-state index in [1.807, 2.05) is 13.8 Å². The maximum Gasteiger partial charge on any atom is 0.251 e. The Balaban J connectivity index is 2.86. The van der Waals surface area contributed by atoms with Crippen LogP contribution in [0, 0.1) is 11.7 Å². The molecule has 0 aliphatic rings. The van der Waals surface area contributed by atoms with Crippen molar-refractivity contribution in [3.63, 3.8) is 0 Å². The minimum absolute atomic E-state index is 0.0241. The second-order valence-electron chi connectivity index (χ2n) is 4.46. The van der Waals surface area contributed by atoms with Crippen molar-refractivity contribution < 1.29 is 14.0 Å². The van der Waals surface area contributed by atoms with Crippen LogP contribution in [0.2, 0.25) is 0 Å². The number of primary amides is 1. The number of hydrogen-bond acceptors (Lipinski definition) is 3. The van der Waals surface area contributed by atoms with Gasteiger partial charge in [0, 0.05) is 5.69 Å². The molecule has 0 saturated heterocycles. The summed E-state index contributed by atoms with van der Waals surface area (Å²) in [4.78, 5) is 22.8. The normalized spacial score (nSPS) is 13.7. The number of carbonyl (C=O) groups excluding carboxylic acids is 2. The Hall–Kier alpha value is -1.95. The molecule has 0 spiro atoms. The third-order valence-electron chi connectivity index (χ3n) is 3.06. The van der Waals surface area contributed by atoms with Crippen LogP contribution in [0.25, 0.3) is 0 Å². The Bertz CT molecular complexity index is 491. The van der Waals surface area contributed by atoms with Crippen LogP contribution in [0.15, 0.2) is 18.2 Å². The van der Waals surface area contributed by atoms with Gasteiger partial charge in [0.05, 0.1) is 11.6 Å². The van der Waals surface area contributed by atoms with Gasteiger partial charge in [-0.25, -0.2) is 4.39 Å². The number of halogens is 1. The Morgan fingerprint density at radius 2 is 2.05 bits per heavy atom. The van der Waals surface area contributed by atoms with E-state index in [-0.39, 0.29) is 17.4 Å². The lowest BCUT2D eigenvalue weighted by atomic mass is 9.99. The highest BCUT2D eigenvalue weighted by Gasteiger charge is 2.20. The number of nitrogens with one attached hydrogen (secondary N) is 1. The van der Waals surface area contributed by atoms with E-state index >= 15 is 0 Å². The summed E-state index contributed by atoms with van der Waals surface area (Å²) in [6.07, 6.45) is 0.768. The van der Waals surface area contributed by atoms with E-state index in [1.165, 1.54) is 12.1 Å². The first-order valence-corrected chi connectivity index (χ1v) is 6.02. The number of rotatable bonds is 5. The summed E-state index contributed by atoms with van der Waals surface area (Å²) in [7, 11) is 0. The van der Waals surface area contributed by atoms with Crippen LogP contribution in [-0.4, -0.2) is 17.9 Å². The van der Waals surface area contributed by atoms with E-state index in [0.29, 0.717) is 5.69 Å². The predicted octanol–water partition coefficient (Wildman–Crippen LogP) is 1.24. The molecule has 1 rings (SSSR count). The maximum absolute atomic E-state index is 13.3. The van der Waals surface area contributed by atoms with E-state index < -0.39 is 17.8 Å². The summed E-state index contributed by atoms with van der Waals surface area (Å²) in [5.74, 6) is -1.97. The van der Waals surface area contributed by atoms with Gasteiger partial charge >= 0.3 is 0 Å². The monoisotopic (exact) mass is 267 g/mol. The van der Waals surface area contributed by atoms with E-state index in [4.69, 9.17) is 11.5 Å². The predicted molar refractivity (Wildman–Crippen MR) is 71.0 cm³/mol. The lowest BCUT2D eigenvalue weighted by Gasteiger charge is -2.17. The summed E-state index contributed by atoms with van der Waals surface area (Å²) in [5, 5.41) is 2.54. The van der Waals surface area contributed by atoms with E-state index in [1.54, 1.807) is 0 Å². The van der Waals surface area contributed by atoms with Gasteiger partial charge in [-0.15, -0.1) is 0 Å². The van der Waals surface area contributed by atoms with Crippen molar-refractivity contribution in [1.29, 1.82) is 0 Å². The number of benzene rings is 1. The average molecular weight is 267 g/mol. The van der Waals surface area contributed by atoms with Crippen molar-refractivity contribution in [2.45, 2.75) is 26.3 Å². The first-order valence-electron chi connectivity index (χ1n) is 6.02. The Morgan fingerprint density at radius 3 is 2.58 bits per heavy atom. The van der Waals surface area contributed by atoms with Gasteiger partial charge in [0.2, 0.25) is 5.91 Å². The molecule has 0 unspecified atom stereocenters. The molecular weight excluding hydrogens is 249 g/mol. The van der Waals surface area contributed by atoms with Crippen LogP contribution in [0.4, 0.5) is 10.1 Å². The van der Waals surface area contributed by atoms with Crippen molar-refractivity contribution in [2.24, 2.45) is 17.4 Å². The molecular formula is C13H18FN3O2. The minimum Gasteiger partial charge on any atom is -0.366 e. The molecule has 0 aliphatic carbocycles. The number of carbonyl (C=O) groups is 2. The lowest BCUT2D eigenvalue weighted by molar-refractivity contribution is -0.118. The Kier molecular flexibility index (Phi) is 5.00. The fourth-order valence-electron chi connectivity index (χ4n) is 1.53. The third-order valence-corrected chi connectivity index (χ3v) is 3.06. The number of anilines is 1. The van der Waals surface area contributed by atoms with Crippen LogP contribution in [0.1, 0.15) is 30.6 Å². The molecule has 104 valence electrons.